The number of anilines is 1. The Morgan fingerprint density at radius 3 is 2.62 bits per heavy atom. The minimum Gasteiger partial charge on any atom is -0.363 e. The van der Waals surface area contributed by atoms with Crippen molar-refractivity contribution in [2.45, 2.75) is 33.6 Å². The normalized spacial score (nSPS) is 11.2. The number of rotatable bonds is 8. The largest absolute Gasteiger partial charge is 0.363 e. The van der Waals surface area contributed by atoms with Gasteiger partial charge in [0.25, 0.3) is 0 Å². The molecule has 0 bridgehead atoms. The van der Waals surface area contributed by atoms with Crippen molar-refractivity contribution in [3.8, 4) is 0 Å². The van der Waals surface area contributed by atoms with E-state index in [0.717, 1.165) is 23.4 Å². The van der Waals surface area contributed by atoms with E-state index in [1.807, 2.05) is 26.0 Å². The molecule has 0 unspecified atom stereocenters. The van der Waals surface area contributed by atoms with Crippen LogP contribution in [0.25, 0.3) is 0 Å². The summed E-state index contributed by atoms with van der Waals surface area (Å²) >= 11 is 0. The van der Waals surface area contributed by atoms with Gasteiger partial charge >= 0.3 is 0 Å². The third kappa shape index (κ3) is 5.06. The van der Waals surface area contributed by atoms with Gasteiger partial charge in [-0.2, -0.15) is 0 Å². The summed E-state index contributed by atoms with van der Waals surface area (Å²) in [7, 11) is 0. The van der Waals surface area contributed by atoms with Crippen LogP contribution in [0.2, 0.25) is 0 Å². The van der Waals surface area contributed by atoms with Gasteiger partial charge in [0.05, 0.1) is 5.69 Å². The predicted octanol–water partition coefficient (Wildman–Crippen LogP) is 5.24. The molecule has 26 heavy (non-hydrogen) atoms. The summed E-state index contributed by atoms with van der Waals surface area (Å²) in [5, 5.41) is 5.90. The maximum absolute atomic E-state index is 14.4. The van der Waals surface area contributed by atoms with Crippen molar-refractivity contribution < 1.29 is 4.39 Å². The SMILES string of the molecule is C=CNC(=C)/C=C(/C)Nc1nc(Cc2ccccc2CC)c(C)cc1F. The number of hydrogen-bond donors (Lipinski definition) is 2. The van der Waals surface area contributed by atoms with Gasteiger partial charge in [0.2, 0.25) is 0 Å². The summed E-state index contributed by atoms with van der Waals surface area (Å²) in [5.74, 6) is -0.148. The second-order valence-electron chi connectivity index (χ2n) is 6.21. The predicted molar refractivity (Wildman–Crippen MR) is 107 cm³/mol. The summed E-state index contributed by atoms with van der Waals surface area (Å²) in [4.78, 5) is 4.54. The second-order valence-corrected chi connectivity index (χ2v) is 6.21. The quantitative estimate of drug-likeness (QED) is 0.638. The van der Waals surface area contributed by atoms with E-state index in [1.165, 1.54) is 17.2 Å². The van der Waals surface area contributed by atoms with E-state index in [1.54, 1.807) is 12.3 Å². The van der Waals surface area contributed by atoms with Crippen LogP contribution in [0.3, 0.4) is 0 Å². The first-order valence-corrected chi connectivity index (χ1v) is 8.69. The van der Waals surface area contributed by atoms with E-state index in [2.05, 4.69) is 47.8 Å². The number of benzene rings is 1. The van der Waals surface area contributed by atoms with E-state index in [9.17, 15) is 4.39 Å². The summed E-state index contributed by atoms with van der Waals surface area (Å²) in [6, 6.07) is 9.82. The molecule has 0 amide bonds. The van der Waals surface area contributed by atoms with Crippen LogP contribution >= 0.6 is 0 Å². The number of aromatic nitrogens is 1. The molecule has 2 rings (SSSR count). The first kappa shape index (κ1) is 19.4. The molecule has 136 valence electrons. The Morgan fingerprint density at radius 2 is 1.96 bits per heavy atom. The fraction of sp³-hybridized carbons (Fsp3) is 0.227. The Morgan fingerprint density at radius 1 is 1.27 bits per heavy atom. The zero-order valence-electron chi connectivity index (χ0n) is 15.7. The average Bonchev–Trinajstić information content (AvgIpc) is 2.59. The Hall–Kier alpha value is -2.88. The van der Waals surface area contributed by atoms with Crippen LogP contribution in [0.15, 0.2) is 67.2 Å². The van der Waals surface area contributed by atoms with E-state index >= 15 is 0 Å². The fourth-order valence-corrected chi connectivity index (χ4v) is 2.80. The highest BCUT2D eigenvalue weighted by atomic mass is 19.1. The number of nitrogens with zero attached hydrogens (tertiary/aromatic N) is 1. The molecule has 3 nitrogen and oxygen atoms in total. The molecular weight excluding hydrogens is 325 g/mol. The molecule has 0 aliphatic rings. The molecular formula is C22H26FN3. The Balaban J connectivity index is 2.28. The van der Waals surface area contributed by atoms with E-state index in [4.69, 9.17) is 0 Å². The van der Waals surface area contributed by atoms with Crippen LogP contribution < -0.4 is 10.6 Å². The number of aryl methyl sites for hydroxylation is 2. The molecule has 0 atom stereocenters. The van der Waals surface area contributed by atoms with Crippen molar-refractivity contribution in [1.82, 2.24) is 10.3 Å². The van der Waals surface area contributed by atoms with Gasteiger partial charge in [-0.05, 0) is 55.3 Å². The van der Waals surface area contributed by atoms with Crippen molar-refractivity contribution in [2.24, 2.45) is 0 Å². The third-order valence-electron chi connectivity index (χ3n) is 4.12. The minimum absolute atomic E-state index is 0.222. The molecule has 1 heterocycles. The summed E-state index contributed by atoms with van der Waals surface area (Å²) < 4.78 is 14.4. The summed E-state index contributed by atoms with van der Waals surface area (Å²) in [5.41, 5.74) is 5.62. The Bertz CT molecular complexity index is 837. The minimum atomic E-state index is -0.370. The van der Waals surface area contributed by atoms with Gasteiger partial charge in [0.15, 0.2) is 11.6 Å². The van der Waals surface area contributed by atoms with E-state index in [-0.39, 0.29) is 11.6 Å². The average molecular weight is 351 g/mol. The summed E-state index contributed by atoms with van der Waals surface area (Å²) in [6.07, 6.45) is 4.95. The van der Waals surface area contributed by atoms with Crippen molar-refractivity contribution in [1.29, 1.82) is 0 Å². The molecule has 0 radical (unpaired) electrons. The van der Waals surface area contributed by atoms with Crippen molar-refractivity contribution in [3.63, 3.8) is 0 Å². The van der Waals surface area contributed by atoms with Gasteiger partial charge in [0.1, 0.15) is 0 Å². The molecule has 1 aromatic carbocycles. The maximum Gasteiger partial charge on any atom is 0.166 e. The number of nitrogens with one attached hydrogen (secondary N) is 2. The van der Waals surface area contributed by atoms with Crippen molar-refractivity contribution in [3.05, 3.63) is 95.4 Å². The topological polar surface area (TPSA) is 37.0 Å². The van der Waals surface area contributed by atoms with Crippen LogP contribution in [-0.4, -0.2) is 4.98 Å². The van der Waals surface area contributed by atoms with Crippen LogP contribution in [0, 0.1) is 12.7 Å². The molecule has 1 aromatic heterocycles. The number of hydrogen-bond acceptors (Lipinski definition) is 3. The number of halogens is 1. The Kier molecular flexibility index (Phi) is 6.73. The lowest BCUT2D eigenvalue weighted by molar-refractivity contribution is 0.622. The molecule has 2 aromatic rings. The molecule has 0 fully saturated rings. The van der Waals surface area contributed by atoms with Gasteiger partial charge in [0, 0.05) is 17.8 Å². The van der Waals surface area contributed by atoms with Gasteiger partial charge in [-0.15, -0.1) is 0 Å². The number of allylic oxidation sites excluding steroid dienone is 2. The van der Waals surface area contributed by atoms with Crippen LogP contribution in [0.5, 0.6) is 0 Å². The molecule has 0 aliphatic heterocycles. The molecule has 0 aliphatic carbocycles. The van der Waals surface area contributed by atoms with Crippen LogP contribution in [-0.2, 0) is 12.8 Å². The first-order chi connectivity index (χ1) is 12.4. The highest BCUT2D eigenvalue weighted by molar-refractivity contribution is 5.47. The zero-order chi connectivity index (χ0) is 19.1. The molecule has 0 saturated carbocycles. The van der Waals surface area contributed by atoms with E-state index in [0.29, 0.717) is 12.1 Å². The van der Waals surface area contributed by atoms with Gasteiger partial charge in [-0.1, -0.05) is 44.3 Å². The van der Waals surface area contributed by atoms with E-state index < -0.39 is 0 Å². The molecule has 0 saturated heterocycles. The highest BCUT2D eigenvalue weighted by Gasteiger charge is 2.11. The highest BCUT2D eigenvalue weighted by Crippen LogP contribution is 2.21. The number of pyridine rings is 1. The van der Waals surface area contributed by atoms with Crippen LogP contribution in [0.4, 0.5) is 10.2 Å². The fourth-order valence-electron chi connectivity index (χ4n) is 2.80. The lowest BCUT2D eigenvalue weighted by Gasteiger charge is -2.13. The first-order valence-electron chi connectivity index (χ1n) is 8.69. The molecule has 0 spiro atoms. The standard InChI is InChI=1S/C22H26FN3/c1-6-18-10-8-9-11-19(18)14-21-15(3)12-20(23)22(26-21)25-17(5)13-16(4)24-7-2/h7-13,24H,2,4,6,14H2,1,3,5H3,(H,25,26)/b17-13-. The van der Waals surface area contributed by atoms with Crippen molar-refractivity contribution in [2.75, 3.05) is 5.32 Å². The second kappa shape index (κ2) is 8.99. The molecule has 4 heteroatoms. The lowest BCUT2D eigenvalue weighted by atomic mass is 9.99. The maximum atomic E-state index is 14.4. The smallest absolute Gasteiger partial charge is 0.166 e. The van der Waals surface area contributed by atoms with Crippen molar-refractivity contribution >= 4 is 5.82 Å². The summed E-state index contributed by atoms with van der Waals surface area (Å²) in [6.45, 7) is 13.3. The molecule has 2 N–H and O–H groups in total. The lowest BCUT2D eigenvalue weighted by Crippen LogP contribution is -2.08. The zero-order valence-corrected chi connectivity index (χ0v) is 15.7. The van der Waals surface area contributed by atoms with Crippen LogP contribution in [0.1, 0.15) is 36.2 Å². The van der Waals surface area contributed by atoms with Gasteiger partial charge in [-0.25, -0.2) is 9.37 Å². The monoisotopic (exact) mass is 351 g/mol. The Labute approximate surface area is 155 Å². The van der Waals surface area contributed by atoms with Gasteiger partial charge < -0.3 is 10.6 Å². The third-order valence-corrected chi connectivity index (χ3v) is 4.12. The van der Waals surface area contributed by atoms with Gasteiger partial charge in [-0.3, -0.25) is 0 Å².